The Bertz CT molecular complexity index is 641. The standard InChI is InChI=1S/C14H13F3N2OS/c15-14(16,17)13-19-6-11(21-13)12(18)9-5-8-3-1-2-4-10(8)20-7-9/h1-4,6,9,12H,5,7,18H2. The lowest BCUT2D eigenvalue weighted by Crippen LogP contribution is -2.30. The van der Waals surface area contributed by atoms with E-state index in [1.165, 1.54) is 6.20 Å². The van der Waals surface area contributed by atoms with E-state index in [2.05, 4.69) is 4.98 Å². The molecule has 0 radical (unpaired) electrons. The highest BCUT2D eigenvalue weighted by atomic mass is 32.1. The lowest BCUT2D eigenvalue weighted by molar-refractivity contribution is -0.137. The Kier molecular flexibility index (Phi) is 3.62. The van der Waals surface area contributed by atoms with Crippen LogP contribution in [-0.2, 0) is 12.6 Å². The summed E-state index contributed by atoms with van der Waals surface area (Å²) in [6.45, 7) is 0.400. The van der Waals surface area contributed by atoms with E-state index in [1.54, 1.807) is 0 Å². The summed E-state index contributed by atoms with van der Waals surface area (Å²) < 4.78 is 43.4. The fourth-order valence-electron chi connectivity index (χ4n) is 2.39. The van der Waals surface area contributed by atoms with Gasteiger partial charge in [-0.25, -0.2) is 4.98 Å². The van der Waals surface area contributed by atoms with Gasteiger partial charge in [-0.2, -0.15) is 13.2 Å². The van der Waals surface area contributed by atoms with Crippen molar-refractivity contribution < 1.29 is 17.9 Å². The van der Waals surface area contributed by atoms with Crippen LogP contribution in [0.25, 0.3) is 0 Å². The Balaban J connectivity index is 1.77. The summed E-state index contributed by atoms with van der Waals surface area (Å²) in [5.74, 6) is 0.766. The first kappa shape index (κ1) is 14.3. The number of nitrogens with zero attached hydrogens (tertiary/aromatic N) is 1. The molecule has 1 aromatic carbocycles. The summed E-state index contributed by atoms with van der Waals surface area (Å²) in [6, 6.07) is 7.11. The zero-order valence-electron chi connectivity index (χ0n) is 10.9. The van der Waals surface area contributed by atoms with Gasteiger partial charge in [0.1, 0.15) is 5.75 Å². The van der Waals surface area contributed by atoms with Crippen molar-refractivity contribution in [2.24, 2.45) is 11.7 Å². The molecule has 21 heavy (non-hydrogen) atoms. The Morgan fingerprint density at radius 1 is 1.33 bits per heavy atom. The molecule has 3 rings (SSSR count). The van der Waals surface area contributed by atoms with Crippen LogP contribution in [0.15, 0.2) is 30.5 Å². The molecule has 2 aromatic rings. The number of rotatable bonds is 2. The fraction of sp³-hybridized carbons (Fsp3) is 0.357. The molecule has 0 saturated heterocycles. The van der Waals surface area contributed by atoms with Crippen LogP contribution in [0.3, 0.4) is 0 Å². The summed E-state index contributed by atoms with van der Waals surface area (Å²) in [7, 11) is 0. The van der Waals surface area contributed by atoms with Crippen molar-refractivity contribution in [2.45, 2.75) is 18.6 Å². The highest BCUT2D eigenvalue weighted by Crippen LogP contribution is 2.37. The largest absolute Gasteiger partial charge is 0.493 e. The summed E-state index contributed by atoms with van der Waals surface area (Å²) in [5, 5.41) is -0.856. The van der Waals surface area contributed by atoms with Crippen molar-refractivity contribution >= 4 is 11.3 Å². The van der Waals surface area contributed by atoms with Gasteiger partial charge in [-0.1, -0.05) is 18.2 Å². The summed E-state index contributed by atoms with van der Waals surface area (Å²) in [5.41, 5.74) is 7.14. The first-order chi connectivity index (χ1) is 9.95. The lowest BCUT2D eigenvalue weighted by Gasteiger charge is -2.28. The van der Waals surface area contributed by atoms with E-state index in [0.717, 1.165) is 11.3 Å². The van der Waals surface area contributed by atoms with Crippen LogP contribution in [0.4, 0.5) is 13.2 Å². The first-order valence-corrected chi connectivity index (χ1v) is 7.26. The van der Waals surface area contributed by atoms with Gasteiger partial charge >= 0.3 is 6.18 Å². The van der Waals surface area contributed by atoms with Gasteiger partial charge in [0.25, 0.3) is 0 Å². The summed E-state index contributed by atoms with van der Waals surface area (Å²) in [4.78, 5) is 3.86. The number of ether oxygens (including phenoxy) is 1. The van der Waals surface area contributed by atoms with Crippen LogP contribution in [0.1, 0.15) is 21.5 Å². The number of benzene rings is 1. The second kappa shape index (κ2) is 5.31. The van der Waals surface area contributed by atoms with Gasteiger partial charge in [0.15, 0.2) is 5.01 Å². The van der Waals surface area contributed by atoms with Crippen molar-refractivity contribution in [1.29, 1.82) is 0 Å². The number of aromatic nitrogens is 1. The molecule has 2 atom stereocenters. The minimum absolute atomic E-state index is 0.0542. The molecule has 2 unspecified atom stereocenters. The molecule has 0 spiro atoms. The van der Waals surface area contributed by atoms with Crippen LogP contribution in [0.5, 0.6) is 5.75 Å². The van der Waals surface area contributed by atoms with Gasteiger partial charge in [0.05, 0.1) is 6.61 Å². The zero-order chi connectivity index (χ0) is 15.0. The highest BCUT2D eigenvalue weighted by Gasteiger charge is 2.36. The average molecular weight is 314 g/mol. The number of hydrogen-bond donors (Lipinski definition) is 1. The number of para-hydroxylation sites is 1. The molecule has 2 heterocycles. The number of fused-ring (bicyclic) bond motifs is 1. The molecule has 1 aromatic heterocycles. The summed E-state index contributed by atoms with van der Waals surface area (Å²) in [6.07, 6.45) is -2.51. The zero-order valence-corrected chi connectivity index (χ0v) is 11.7. The van der Waals surface area contributed by atoms with E-state index in [9.17, 15) is 13.2 Å². The molecule has 1 aliphatic heterocycles. The highest BCUT2D eigenvalue weighted by molar-refractivity contribution is 7.11. The van der Waals surface area contributed by atoms with Crippen LogP contribution in [0.2, 0.25) is 0 Å². The molecule has 0 saturated carbocycles. The second-order valence-electron chi connectivity index (χ2n) is 4.97. The topological polar surface area (TPSA) is 48.1 Å². The maximum Gasteiger partial charge on any atom is 0.443 e. The van der Waals surface area contributed by atoms with Crippen molar-refractivity contribution in [2.75, 3.05) is 6.61 Å². The van der Waals surface area contributed by atoms with Gasteiger partial charge < -0.3 is 10.5 Å². The van der Waals surface area contributed by atoms with Gasteiger partial charge in [0.2, 0.25) is 0 Å². The monoisotopic (exact) mass is 314 g/mol. The van der Waals surface area contributed by atoms with E-state index >= 15 is 0 Å². The third kappa shape index (κ3) is 2.89. The van der Waals surface area contributed by atoms with Crippen molar-refractivity contribution in [3.63, 3.8) is 0 Å². The van der Waals surface area contributed by atoms with Crippen LogP contribution in [-0.4, -0.2) is 11.6 Å². The van der Waals surface area contributed by atoms with E-state index in [1.807, 2.05) is 24.3 Å². The van der Waals surface area contributed by atoms with Crippen LogP contribution >= 0.6 is 11.3 Å². The van der Waals surface area contributed by atoms with E-state index < -0.39 is 17.2 Å². The van der Waals surface area contributed by atoms with Crippen LogP contribution in [0, 0.1) is 5.92 Å². The Hall–Kier alpha value is -1.60. The fourth-order valence-corrected chi connectivity index (χ4v) is 3.26. The predicted molar refractivity (Wildman–Crippen MR) is 73.2 cm³/mol. The van der Waals surface area contributed by atoms with Crippen molar-refractivity contribution in [1.82, 2.24) is 4.98 Å². The molecule has 0 bridgehead atoms. The van der Waals surface area contributed by atoms with Crippen molar-refractivity contribution in [3.05, 3.63) is 45.9 Å². The molecular formula is C14H13F3N2OS. The molecule has 7 heteroatoms. The van der Waals surface area contributed by atoms with Crippen LogP contribution < -0.4 is 10.5 Å². The minimum Gasteiger partial charge on any atom is -0.493 e. The Labute approximate surface area is 123 Å². The Morgan fingerprint density at radius 3 is 2.81 bits per heavy atom. The molecule has 112 valence electrons. The molecule has 0 aliphatic carbocycles. The minimum atomic E-state index is -4.42. The van der Waals surface area contributed by atoms with E-state index in [0.29, 0.717) is 29.2 Å². The molecule has 0 fully saturated rings. The van der Waals surface area contributed by atoms with E-state index in [4.69, 9.17) is 10.5 Å². The smallest absolute Gasteiger partial charge is 0.443 e. The Morgan fingerprint density at radius 2 is 2.10 bits per heavy atom. The molecule has 1 aliphatic rings. The molecule has 3 nitrogen and oxygen atoms in total. The SMILES string of the molecule is NC(c1cnc(C(F)(F)F)s1)C1COc2ccccc2C1. The number of halogens is 3. The third-order valence-corrected chi connectivity index (χ3v) is 4.65. The van der Waals surface area contributed by atoms with Gasteiger partial charge in [0, 0.05) is 23.0 Å². The average Bonchev–Trinajstić information content (AvgIpc) is 2.96. The van der Waals surface area contributed by atoms with E-state index in [-0.39, 0.29) is 5.92 Å². The normalized spacial score (nSPS) is 19.7. The van der Waals surface area contributed by atoms with Gasteiger partial charge in [-0.3, -0.25) is 0 Å². The third-order valence-electron chi connectivity index (χ3n) is 3.51. The first-order valence-electron chi connectivity index (χ1n) is 6.44. The molecule has 2 N–H and O–H groups in total. The number of thiazole rings is 1. The van der Waals surface area contributed by atoms with Gasteiger partial charge in [-0.15, -0.1) is 11.3 Å². The number of nitrogens with two attached hydrogens (primary N) is 1. The second-order valence-corrected chi connectivity index (χ2v) is 6.04. The van der Waals surface area contributed by atoms with Crippen molar-refractivity contribution in [3.8, 4) is 5.75 Å². The molecule has 0 amide bonds. The quantitative estimate of drug-likeness (QED) is 0.924. The summed E-state index contributed by atoms with van der Waals surface area (Å²) >= 11 is 0.606. The maximum absolute atomic E-state index is 12.6. The number of hydrogen-bond acceptors (Lipinski definition) is 4. The predicted octanol–water partition coefficient (Wildman–Crippen LogP) is 3.41. The maximum atomic E-state index is 12.6. The molecular weight excluding hydrogens is 301 g/mol. The van der Waals surface area contributed by atoms with Gasteiger partial charge in [-0.05, 0) is 18.1 Å². The lowest BCUT2D eigenvalue weighted by atomic mass is 9.90. The number of alkyl halides is 3.